The number of piperazine rings is 1. The topological polar surface area (TPSA) is 36.7 Å². The highest BCUT2D eigenvalue weighted by molar-refractivity contribution is 6.38. The standard InChI is InChI=1S/C23H22Cl2N2O2/c24-19-13-20-22(28)18(16-29-23(20)21(25)14-19)15-27-11-9-26(10-12-27)8-4-7-17-5-2-1-3-6-17/h1-7,13-14,16H,8-12,15H2/b7-4+. The smallest absolute Gasteiger partial charge is 0.197 e. The number of rotatable bonds is 5. The molecule has 3 aromatic rings. The summed E-state index contributed by atoms with van der Waals surface area (Å²) < 4.78 is 5.63. The van der Waals surface area contributed by atoms with Gasteiger partial charge >= 0.3 is 0 Å². The second-order valence-electron chi connectivity index (χ2n) is 7.24. The van der Waals surface area contributed by atoms with Crippen LogP contribution < -0.4 is 5.43 Å². The van der Waals surface area contributed by atoms with Crippen molar-refractivity contribution in [2.75, 3.05) is 32.7 Å². The molecule has 0 radical (unpaired) electrons. The first-order chi connectivity index (χ1) is 14.1. The molecule has 0 saturated carbocycles. The van der Waals surface area contributed by atoms with Gasteiger partial charge in [0.2, 0.25) is 0 Å². The summed E-state index contributed by atoms with van der Waals surface area (Å²) in [5, 5.41) is 1.22. The molecule has 0 unspecified atom stereocenters. The van der Waals surface area contributed by atoms with Crippen LogP contribution in [0, 0.1) is 0 Å². The van der Waals surface area contributed by atoms with Gasteiger partial charge < -0.3 is 4.42 Å². The Labute approximate surface area is 179 Å². The molecular formula is C23H22Cl2N2O2. The fourth-order valence-electron chi connectivity index (χ4n) is 3.59. The van der Waals surface area contributed by atoms with E-state index >= 15 is 0 Å². The predicted molar refractivity (Wildman–Crippen MR) is 120 cm³/mol. The molecule has 2 heterocycles. The number of benzene rings is 2. The maximum Gasteiger partial charge on any atom is 0.197 e. The van der Waals surface area contributed by atoms with Crippen LogP contribution in [0.1, 0.15) is 11.1 Å². The zero-order valence-corrected chi connectivity index (χ0v) is 17.5. The molecule has 6 heteroatoms. The largest absolute Gasteiger partial charge is 0.462 e. The molecule has 2 aromatic carbocycles. The normalized spacial score (nSPS) is 16.1. The SMILES string of the molecule is O=c1c(CN2CCN(C/C=C/c3ccccc3)CC2)coc2c(Cl)cc(Cl)cc12. The number of halogens is 2. The van der Waals surface area contributed by atoms with Crippen molar-refractivity contribution < 1.29 is 4.42 Å². The Morgan fingerprint density at radius 2 is 1.72 bits per heavy atom. The third-order valence-corrected chi connectivity index (χ3v) is 5.70. The Morgan fingerprint density at radius 3 is 2.48 bits per heavy atom. The molecule has 1 saturated heterocycles. The van der Waals surface area contributed by atoms with Gasteiger partial charge in [0, 0.05) is 49.9 Å². The lowest BCUT2D eigenvalue weighted by Crippen LogP contribution is -2.46. The van der Waals surface area contributed by atoms with Gasteiger partial charge in [-0.3, -0.25) is 14.6 Å². The zero-order valence-electron chi connectivity index (χ0n) is 16.0. The summed E-state index contributed by atoms with van der Waals surface area (Å²) in [5.41, 5.74) is 2.17. The summed E-state index contributed by atoms with van der Waals surface area (Å²) in [6, 6.07) is 13.5. The van der Waals surface area contributed by atoms with Crippen molar-refractivity contribution in [2.24, 2.45) is 0 Å². The quantitative estimate of drug-likeness (QED) is 0.576. The van der Waals surface area contributed by atoms with Crippen LogP contribution >= 0.6 is 23.2 Å². The van der Waals surface area contributed by atoms with Crippen LogP contribution in [0.15, 0.2) is 64.0 Å². The van der Waals surface area contributed by atoms with Crippen LogP contribution in [0.4, 0.5) is 0 Å². The minimum absolute atomic E-state index is 0.0659. The summed E-state index contributed by atoms with van der Waals surface area (Å²) >= 11 is 12.2. The van der Waals surface area contributed by atoms with E-state index in [1.807, 2.05) is 18.2 Å². The third-order valence-electron chi connectivity index (χ3n) is 5.20. The summed E-state index contributed by atoms with van der Waals surface area (Å²) in [4.78, 5) is 17.5. The van der Waals surface area contributed by atoms with Crippen LogP contribution in [0.25, 0.3) is 17.0 Å². The number of hydrogen-bond donors (Lipinski definition) is 0. The van der Waals surface area contributed by atoms with E-state index in [-0.39, 0.29) is 5.43 Å². The van der Waals surface area contributed by atoms with E-state index in [2.05, 4.69) is 34.1 Å². The average Bonchev–Trinajstić information content (AvgIpc) is 2.72. The Balaban J connectivity index is 1.36. The minimum atomic E-state index is -0.0659. The summed E-state index contributed by atoms with van der Waals surface area (Å²) in [7, 11) is 0. The minimum Gasteiger partial charge on any atom is -0.462 e. The molecule has 4 nitrogen and oxygen atoms in total. The fraction of sp³-hybridized carbons (Fsp3) is 0.261. The zero-order chi connectivity index (χ0) is 20.2. The van der Waals surface area contributed by atoms with E-state index in [1.54, 1.807) is 12.1 Å². The van der Waals surface area contributed by atoms with Gasteiger partial charge in [-0.25, -0.2) is 0 Å². The van der Waals surface area contributed by atoms with E-state index in [0.717, 1.165) is 32.7 Å². The van der Waals surface area contributed by atoms with E-state index < -0.39 is 0 Å². The monoisotopic (exact) mass is 428 g/mol. The number of fused-ring (bicyclic) bond motifs is 1. The van der Waals surface area contributed by atoms with Gasteiger partial charge in [0.15, 0.2) is 11.0 Å². The van der Waals surface area contributed by atoms with Crippen molar-refractivity contribution in [3.63, 3.8) is 0 Å². The van der Waals surface area contributed by atoms with Crippen molar-refractivity contribution >= 4 is 40.2 Å². The van der Waals surface area contributed by atoms with E-state index in [0.29, 0.717) is 33.1 Å². The van der Waals surface area contributed by atoms with Gasteiger partial charge in [-0.15, -0.1) is 0 Å². The molecule has 0 N–H and O–H groups in total. The van der Waals surface area contributed by atoms with Crippen LogP contribution in [0.5, 0.6) is 0 Å². The predicted octanol–water partition coefficient (Wildman–Crippen LogP) is 4.93. The number of nitrogens with zero attached hydrogens (tertiary/aromatic N) is 2. The highest BCUT2D eigenvalue weighted by Crippen LogP contribution is 2.26. The van der Waals surface area contributed by atoms with Crippen molar-refractivity contribution in [1.82, 2.24) is 9.80 Å². The van der Waals surface area contributed by atoms with Gasteiger partial charge in [-0.05, 0) is 17.7 Å². The average molecular weight is 429 g/mol. The van der Waals surface area contributed by atoms with Crippen molar-refractivity contribution in [3.8, 4) is 0 Å². The first kappa shape index (κ1) is 20.2. The van der Waals surface area contributed by atoms with Crippen LogP contribution in [0.3, 0.4) is 0 Å². The lowest BCUT2D eigenvalue weighted by Gasteiger charge is -2.33. The number of hydrogen-bond acceptors (Lipinski definition) is 4. The van der Waals surface area contributed by atoms with Crippen LogP contribution in [0.2, 0.25) is 10.0 Å². The summed E-state index contributed by atoms with van der Waals surface area (Å²) in [6.45, 7) is 5.25. The molecule has 4 rings (SSSR count). The molecule has 1 fully saturated rings. The van der Waals surface area contributed by atoms with Crippen molar-refractivity contribution in [3.05, 3.63) is 86.2 Å². The second-order valence-corrected chi connectivity index (χ2v) is 8.09. The first-order valence-corrected chi connectivity index (χ1v) is 10.4. The Hall–Kier alpha value is -2.11. The lowest BCUT2D eigenvalue weighted by molar-refractivity contribution is 0.136. The molecule has 1 aromatic heterocycles. The molecule has 29 heavy (non-hydrogen) atoms. The van der Waals surface area contributed by atoms with Gasteiger partial charge in [0.25, 0.3) is 0 Å². The molecular weight excluding hydrogens is 407 g/mol. The summed E-state index contributed by atoms with van der Waals surface area (Å²) in [6.07, 6.45) is 5.89. The third kappa shape index (κ3) is 4.90. The van der Waals surface area contributed by atoms with Gasteiger partial charge in [-0.2, -0.15) is 0 Å². The van der Waals surface area contributed by atoms with Crippen molar-refractivity contribution in [1.29, 1.82) is 0 Å². The maximum atomic E-state index is 12.8. The molecule has 0 spiro atoms. The van der Waals surface area contributed by atoms with E-state index in [9.17, 15) is 4.79 Å². The molecule has 0 atom stereocenters. The highest BCUT2D eigenvalue weighted by atomic mass is 35.5. The first-order valence-electron chi connectivity index (χ1n) is 9.66. The lowest BCUT2D eigenvalue weighted by atomic mass is 10.1. The fourth-order valence-corrected chi connectivity index (χ4v) is 4.13. The van der Waals surface area contributed by atoms with Crippen LogP contribution in [-0.4, -0.2) is 42.5 Å². The molecule has 0 aliphatic carbocycles. The molecule has 0 amide bonds. The molecule has 0 bridgehead atoms. The molecule has 1 aliphatic rings. The molecule has 150 valence electrons. The summed E-state index contributed by atoms with van der Waals surface area (Å²) in [5.74, 6) is 0. The second kappa shape index (κ2) is 9.14. The maximum absolute atomic E-state index is 12.8. The van der Waals surface area contributed by atoms with Gasteiger partial charge in [0.05, 0.1) is 16.7 Å². The van der Waals surface area contributed by atoms with Crippen molar-refractivity contribution in [2.45, 2.75) is 6.54 Å². The molecule has 1 aliphatic heterocycles. The van der Waals surface area contributed by atoms with Gasteiger partial charge in [0.1, 0.15) is 0 Å². The Kier molecular flexibility index (Phi) is 6.36. The Bertz CT molecular complexity index is 1070. The highest BCUT2D eigenvalue weighted by Gasteiger charge is 2.18. The van der Waals surface area contributed by atoms with E-state index in [1.165, 1.54) is 11.8 Å². The Morgan fingerprint density at radius 1 is 1.00 bits per heavy atom. The van der Waals surface area contributed by atoms with Crippen LogP contribution in [-0.2, 0) is 6.54 Å². The van der Waals surface area contributed by atoms with Gasteiger partial charge in [-0.1, -0.05) is 65.7 Å². The van der Waals surface area contributed by atoms with E-state index in [4.69, 9.17) is 27.6 Å².